The molecule has 3 rings (SSSR count). The first-order chi connectivity index (χ1) is 10.3. The van der Waals surface area contributed by atoms with E-state index in [0.717, 1.165) is 16.6 Å². The Morgan fingerprint density at radius 1 is 1.38 bits per heavy atom. The average Bonchev–Trinajstić information content (AvgIpc) is 2.96. The Bertz CT molecular complexity index is 785. The normalized spacial score (nSPS) is 10.5. The van der Waals surface area contributed by atoms with Crippen LogP contribution in [0.3, 0.4) is 0 Å². The highest BCUT2D eigenvalue weighted by Crippen LogP contribution is 2.23. The van der Waals surface area contributed by atoms with E-state index in [2.05, 4.69) is 15.3 Å². The van der Waals surface area contributed by atoms with Gasteiger partial charge in [0.2, 0.25) is 0 Å². The van der Waals surface area contributed by atoms with Gasteiger partial charge in [0.1, 0.15) is 0 Å². The molecule has 0 aliphatic carbocycles. The second-order valence-electron chi connectivity index (χ2n) is 4.30. The van der Waals surface area contributed by atoms with Crippen LogP contribution in [0.5, 0.6) is 0 Å². The molecule has 0 atom stereocenters. The minimum absolute atomic E-state index is 0.318. The van der Waals surface area contributed by atoms with Crippen LogP contribution in [0.1, 0.15) is 17.4 Å². The first kappa shape index (κ1) is 13.5. The van der Waals surface area contributed by atoms with Crippen molar-refractivity contribution in [1.82, 2.24) is 9.97 Å². The van der Waals surface area contributed by atoms with Gasteiger partial charge in [0.25, 0.3) is 0 Å². The maximum Gasteiger partial charge on any atom is 0.357 e. The lowest BCUT2D eigenvalue weighted by molar-refractivity contribution is 0.0520. The first-order valence-electron chi connectivity index (χ1n) is 6.50. The summed E-state index contributed by atoms with van der Waals surface area (Å²) in [4.78, 5) is 20.1. The lowest BCUT2D eigenvalue weighted by Gasteiger charge is -2.03. The van der Waals surface area contributed by atoms with E-state index >= 15 is 0 Å². The van der Waals surface area contributed by atoms with Gasteiger partial charge in [-0.25, -0.2) is 9.78 Å². The fourth-order valence-corrected chi connectivity index (χ4v) is 2.59. The molecule has 1 aromatic carbocycles. The van der Waals surface area contributed by atoms with Crippen LogP contribution in [-0.4, -0.2) is 22.5 Å². The molecule has 0 saturated heterocycles. The van der Waals surface area contributed by atoms with Gasteiger partial charge in [-0.15, -0.1) is 11.3 Å². The fourth-order valence-electron chi connectivity index (χ4n) is 1.89. The van der Waals surface area contributed by atoms with E-state index in [1.54, 1.807) is 18.5 Å². The summed E-state index contributed by atoms with van der Waals surface area (Å²) in [6.45, 7) is 2.11. The smallest absolute Gasteiger partial charge is 0.357 e. The molecule has 106 valence electrons. The second-order valence-corrected chi connectivity index (χ2v) is 5.16. The summed E-state index contributed by atoms with van der Waals surface area (Å²) >= 11 is 1.35. The van der Waals surface area contributed by atoms with Gasteiger partial charge in [0.15, 0.2) is 10.8 Å². The number of nitrogens with zero attached hydrogens (tertiary/aromatic N) is 2. The summed E-state index contributed by atoms with van der Waals surface area (Å²) in [5.41, 5.74) is 2.09. The maximum absolute atomic E-state index is 11.6. The number of pyridine rings is 1. The number of nitrogens with one attached hydrogen (secondary N) is 1. The number of carbonyl (C=O) groups is 1. The molecule has 0 fully saturated rings. The van der Waals surface area contributed by atoms with Gasteiger partial charge in [-0.1, -0.05) is 18.2 Å². The Kier molecular flexibility index (Phi) is 3.79. The number of hydrogen-bond donors (Lipinski definition) is 1. The molecule has 1 N–H and O–H groups in total. The number of aromatic nitrogens is 2. The predicted molar refractivity (Wildman–Crippen MR) is 83.1 cm³/mol. The summed E-state index contributed by atoms with van der Waals surface area (Å²) in [5, 5.41) is 6.51. The number of esters is 1. The molecule has 0 radical (unpaired) electrons. The van der Waals surface area contributed by atoms with Crippen LogP contribution in [0, 0.1) is 0 Å². The van der Waals surface area contributed by atoms with E-state index in [-0.39, 0.29) is 0 Å². The Morgan fingerprint density at radius 3 is 3.10 bits per heavy atom. The zero-order valence-corrected chi connectivity index (χ0v) is 12.2. The average molecular weight is 299 g/mol. The fraction of sp³-hybridized carbons (Fsp3) is 0.133. The standard InChI is InChI=1S/C15H13N3O2S/c1-2-20-14(19)13-9-21-15(18-13)17-11-7-10-5-3-4-6-12(10)16-8-11/h3-9H,2H2,1H3,(H,17,18). The second kappa shape index (κ2) is 5.88. The molecule has 0 spiro atoms. The molecule has 0 aliphatic rings. The summed E-state index contributed by atoms with van der Waals surface area (Å²) in [6.07, 6.45) is 1.74. The zero-order valence-electron chi connectivity index (χ0n) is 11.4. The minimum Gasteiger partial charge on any atom is -0.461 e. The predicted octanol–water partition coefficient (Wildman–Crippen LogP) is 3.61. The molecule has 0 aliphatic heterocycles. The van der Waals surface area contributed by atoms with E-state index < -0.39 is 5.97 Å². The van der Waals surface area contributed by atoms with Crippen molar-refractivity contribution in [3.63, 3.8) is 0 Å². The van der Waals surface area contributed by atoms with Gasteiger partial charge < -0.3 is 10.1 Å². The van der Waals surface area contributed by atoms with Crippen LogP contribution in [0.25, 0.3) is 10.9 Å². The van der Waals surface area contributed by atoms with Crippen LogP contribution in [0.15, 0.2) is 41.9 Å². The van der Waals surface area contributed by atoms with E-state index in [1.165, 1.54) is 11.3 Å². The molecular weight excluding hydrogens is 286 g/mol. The third-order valence-corrected chi connectivity index (χ3v) is 3.59. The summed E-state index contributed by atoms with van der Waals surface area (Å²) in [7, 11) is 0. The number of hydrogen-bond acceptors (Lipinski definition) is 6. The number of thiazole rings is 1. The topological polar surface area (TPSA) is 64.1 Å². The third kappa shape index (κ3) is 3.00. The quantitative estimate of drug-likeness (QED) is 0.746. The Morgan fingerprint density at radius 2 is 2.24 bits per heavy atom. The molecule has 6 heteroatoms. The monoisotopic (exact) mass is 299 g/mol. The highest BCUT2D eigenvalue weighted by Gasteiger charge is 2.11. The van der Waals surface area contributed by atoms with Crippen LogP contribution in [0.2, 0.25) is 0 Å². The lowest BCUT2D eigenvalue weighted by atomic mass is 10.2. The highest BCUT2D eigenvalue weighted by atomic mass is 32.1. The molecule has 3 aromatic rings. The van der Waals surface area contributed by atoms with Crippen LogP contribution >= 0.6 is 11.3 Å². The van der Waals surface area contributed by atoms with Gasteiger partial charge in [0.05, 0.1) is 24.0 Å². The van der Waals surface area contributed by atoms with Crippen molar-refractivity contribution in [1.29, 1.82) is 0 Å². The number of para-hydroxylation sites is 1. The Balaban J connectivity index is 1.80. The number of ether oxygens (including phenoxy) is 1. The number of rotatable bonds is 4. The van der Waals surface area contributed by atoms with Crippen molar-refractivity contribution >= 4 is 39.0 Å². The van der Waals surface area contributed by atoms with Gasteiger partial charge in [-0.2, -0.15) is 0 Å². The number of carbonyl (C=O) groups excluding carboxylic acids is 1. The SMILES string of the molecule is CCOC(=O)c1csc(Nc2cnc3ccccc3c2)n1. The van der Waals surface area contributed by atoms with Gasteiger partial charge >= 0.3 is 5.97 Å². The summed E-state index contributed by atoms with van der Waals surface area (Å²) in [6, 6.07) is 9.87. The minimum atomic E-state index is -0.404. The zero-order chi connectivity index (χ0) is 14.7. The third-order valence-electron chi connectivity index (χ3n) is 2.83. The molecule has 21 heavy (non-hydrogen) atoms. The van der Waals surface area contributed by atoms with E-state index in [1.807, 2.05) is 30.3 Å². The molecule has 0 saturated carbocycles. The van der Waals surface area contributed by atoms with Crippen molar-refractivity contribution in [3.05, 3.63) is 47.6 Å². The number of fused-ring (bicyclic) bond motifs is 1. The van der Waals surface area contributed by atoms with Crippen LogP contribution in [-0.2, 0) is 4.74 Å². The summed E-state index contributed by atoms with van der Waals surface area (Å²) < 4.78 is 4.91. The van der Waals surface area contributed by atoms with Crippen LogP contribution in [0.4, 0.5) is 10.8 Å². The van der Waals surface area contributed by atoms with Crippen LogP contribution < -0.4 is 5.32 Å². The lowest BCUT2D eigenvalue weighted by Crippen LogP contribution is -2.05. The first-order valence-corrected chi connectivity index (χ1v) is 7.38. The number of anilines is 2. The Hall–Kier alpha value is -2.47. The van der Waals surface area contributed by atoms with Gasteiger partial charge in [-0.3, -0.25) is 4.98 Å². The van der Waals surface area contributed by atoms with Crippen molar-refractivity contribution in [2.75, 3.05) is 11.9 Å². The molecule has 0 amide bonds. The van der Waals surface area contributed by atoms with E-state index in [9.17, 15) is 4.79 Å². The van der Waals surface area contributed by atoms with Crippen molar-refractivity contribution in [2.24, 2.45) is 0 Å². The van der Waals surface area contributed by atoms with Crippen molar-refractivity contribution < 1.29 is 9.53 Å². The molecule has 2 heterocycles. The maximum atomic E-state index is 11.6. The van der Waals surface area contributed by atoms with E-state index in [0.29, 0.717) is 17.4 Å². The van der Waals surface area contributed by atoms with Crippen molar-refractivity contribution in [3.8, 4) is 0 Å². The molecule has 0 unspecified atom stereocenters. The van der Waals surface area contributed by atoms with Gasteiger partial charge in [-0.05, 0) is 19.1 Å². The molecule has 0 bridgehead atoms. The van der Waals surface area contributed by atoms with E-state index in [4.69, 9.17) is 4.74 Å². The highest BCUT2D eigenvalue weighted by molar-refractivity contribution is 7.14. The van der Waals surface area contributed by atoms with Gasteiger partial charge in [0, 0.05) is 10.8 Å². The largest absolute Gasteiger partial charge is 0.461 e. The molecule has 5 nitrogen and oxygen atoms in total. The number of benzene rings is 1. The Labute approximate surface area is 125 Å². The van der Waals surface area contributed by atoms with Crippen molar-refractivity contribution in [2.45, 2.75) is 6.92 Å². The molecular formula is C15H13N3O2S. The molecule has 2 aromatic heterocycles. The summed E-state index contributed by atoms with van der Waals surface area (Å²) in [5.74, 6) is -0.404.